The second-order valence-corrected chi connectivity index (χ2v) is 6.20. The molecule has 2 saturated heterocycles. The van der Waals surface area contributed by atoms with Crippen LogP contribution in [0.25, 0.3) is 0 Å². The van der Waals surface area contributed by atoms with Crippen molar-refractivity contribution in [2.45, 2.75) is 50.5 Å². The highest BCUT2D eigenvalue weighted by Gasteiger charge is 2.70. The quantitative estimate of drug-likeness (QED) is 0.782. The monoisotopic (exact) mass is 292 g/mol. The molecule has 2 aliphatic heterocycles. The van der Waals surface area contributed by atoms with Gasteiger partial charge < -0.3 is 18.9 Å². The molecule has 0 saturated carbocycles. The third kappa shape index (κ3) is 2.13. The summed E-state index contributed by atoms with van der Waals surface area (Å²) in [5, 5.41) is 0. The molecule has 0 amide bonds. The zero-order valence-electron chi connectivity index (χ0n) is 13.2. The normalized spacial score (nSPS) is 37.0. The Balaban J connectivity index is 1.78. The molecule has 21 heavy (non-hydrogen) atoms. The standard InChI is InChI=1S/C17H24O4/c1-12-14-10-17(18-3,19-4)16(2,21-14)15(12)20-11-13-8-6-5-7-9-13/h5-9,12,14-15H,10-11H2,1-4H3/t12-,14+,15+,16+/m1/s1. The van der Waals surface area contributed by atoms with Crippen molar-refractivity contribution in [2.24, 2.45) is 5.92 Å². The van der Waals surface area contributed by atoms with E-state index in [-0.39, 0.29) is 12.2 Å². The molecule has 116 valence electrons. The Bertz CT molecular complexity index is 485. The second kappa shape index (κ2) is 5.36. The van der Waals surface area contributed by atoms with Crippen molar-refractivity contribution in [1.29, 1.82) is 0 Å². The predicted molar refractivity (Wildman–Crippen MR) is 78.8 cm³/mol. The smallest absolute Gasteiger partial charge is 0.201 e. The van der Waals surface area contributed by atoms with Crippen LogP contribution in [0.2, 0.25) is 0 Å². The topological polar surface area (TPSA) is 36.9 Å². The van der Waals surface area contributed by atoms with E-state index in [4.69, 9.17) is 18.9 Å². The molecule has 0 spiro atoms. The van der Waals surface area contributed by atoms with Crippen LogP contribution in [0, 0.1) is 5.92 Å². The van der Waals surface area contributed by atoms with E-state index >= 15 is 0 Å². The van der Waals surface area contributed by atoms with E-state index in [2.05, 4.69) is 19.1 Å². The summed E-state index contributed by atoms with van der Waals surface area (Å²) in [5.74, 6) is -0.386. The Morgan fingerprint density at radius 1 is 1.19 bits per heavy atom. The number of hydrogen-bond acceptors (Lipinski definition) is 4. The van der Waals surface area contributed by atoms with Gasteiger partial charge in [0.05, 0.1) is 18.8 Å². The Morgan fingerprint density at radius 2 is 1.86 bits per heavy atom. The first-order valence-corrected chi connectivity index (χ1v) is 7.50. The lowest BCUT2D eigenvalue weighted by molar-refractivity contribution is -0.293. The molecular formula is C17H24O4. The van der Waals surface area contributed by atoms with Crippen molar-refractivity contribution in [3.63, 3.8) is 0 Å². The summed E-state index contributed by atoms with van der Waals surface area (Å²) in [6.45, 7) is 4.80. The Kier molecular flexibility index (Phi) is 3.82. The fraction of sp³-hybridized carbons (Fsp3) is 0.647. The van der Waals surface area contributed by atoms with Crippen LogP contribution in [0.4, 0.5) is 0 Å². The van der Waals surface area contributed by atoms with E-state index in [1.54, 1.807) is 14.2 Å². The maximum atomic E-state index is 6.21. The van der Waals surface area contributed by atoms with Crippen LogP contribution in [0.5, 0.6) is 0 Å². The van der Waals surface area contributed by atoms with Gasteiger partial charge in [-0.3, -0.25) is 0 Å². The first kappa shape index (κ1) is 15.0. The molecule has 2 aliphatic rings. The molecule has 0 N–H and O–H groups in total. The lowest BCUT2D eigenvalue weighted by Crippen LogP contribution is -2.61. The second-order valence-electron chi connectivity index (χ2n) is 6.20. The van der Waals surface area contributed by atoms with Crippen LogP contribution >= 0.6 is 0 Å². The van der Waals surface area contributed by atoms with Crippen LogP contribution in [0.1, 0.15) is 25.8 Å². The van der Waals surface area contributed by atoms with Crippen LogP contribution in [0.15, 0.2) is 30.3 Å². The average Bonchev–Trinajstić information content (AvgIpc) is 2.94. The van der Waals surface area contributed by atoms with Gasteiger partial charge >= 0.3 is 0 Å². The summed E-state index contributed by atoms with van der Waals surface area (Å²) in [5.41, 5.74) is 0.589. The number of methoxy groups -OCH3 is 2. The minimum atomic E-state index is -0.717. The molecule has 1 aromatic carbocycles. The van der Waals surface area contributed by atoms with Crippen LogP contribution in [0.3, 0.4) is 0 Å². The van der Waals surface area contributed by atoms with E-state index in [9.17, 15) is 0 Å². The van der Waals surface area contributed by atoms with Crippen LogP contribution in [-0.4, -0.2) is 37.8 Å². The SMILES string of the molecule is COC1(OC)C[C@@H]2O[C@@]1(C)[C@@H](OCc1ccccc1)[C@@H]2C. The van der Waals surface area contributed by atoms with Gasteiger partial charge in [-0.2, -0.15) is 0 Å². The molecule has 0 aliphatic carbocycles. The molecule has 4 atom stereocenters. The number of rotatable bonds is 5. The fourth-order valence-electron chi connectivity index (χ4n) is 3.91. The van der Waals surface area contributed by atoms with Crippen LogP contribution in [-0.2, 0) is 25.6 Å². The fourth-order valence-corrected chi connectivity index (χ4v) is 3.91. The predicted octanol–water partition coefficient (Wildman–Crippen LogP) is 2.76. The molecule has 0 radical (unpaired) electrons. The van der Waals surface area contributed by atoms with Crippen molar-refractivity contribution in [3.8, 4) is 0 Å². The molecule has 2 bridgehead atoms. The minimum absolute atomic E-state index is 0.0450. The Morgan fingerprint density at radius 3 is 2.43 bits per heavy atom. The van der Waals surface area contributed by atoms with Crippen molar-refractivity contribution in [1.82, 2.24) is 0 Å². The first-order valence-electron chi connectivity index (χ1n) is 7.50. The summed E-state index contributed by atoms with van der Waals surface area (Å²) in [6.07, 6.45) is 0.829. The summed E-state index contributed by atoms with van der Waals surface area (Å²) < 4.78 is 23.8. The highest BCUT2D eigenvalue weighted by molar-refractivity contribution is 5.16. The van der Waals surface area contributed by atoms with Gasteiger partial charge in [-0.25, -0.2) is 0 Å². The molecule has 4 nitrogen and oxygen atoms in total. The lowest BCUT2D eigenvalue weighted by atomic mass is 9.75. The highest BCUT2D eigenvalue weighted by Crippen LogP contribution is 2.55. The van der Waals surface area contributed by atoms with Gasteiger partial charge in [-0.05, 0) is 12.5 Å². The molecule has 0 unspecified atom stereocenters. The van der Waals surface area contributed by atoms with Crippen molar-refractivity contribution in [2.75, 3.05) is 14.2 Å². The number of benzene rings is 1. The van der Waals surface area contributed by atoms with Gasteiger partial charge in [0.15, 0.2) is 0 Å². The Hall–Kier alpha value is -0.940. The third-order valence-electron chi connectivity index (χ3n) is 5.16. The van der Waals surface area contributed by atoms with Crippen molar-refractivity contribution >= 4 is 0 Å². The molecule has 2 fully saturated rings. The van der Waals surface area contributed by atoms with Gasteiger partial charge in [0.25, 0.3) is 0 Å². The van der Waals surface area contributed by atoms with E-state index < -0.39 is 11.4 Å². The zero-order valence-corrected chi connectivity index (χ0v) is 13.2. The van der Waals surface area contributed by atoms with Gasteiger partial charge in [0, 0.05) is 26.6 Å². The van der Waals surface area contributed by atoms with Gasteiger partial charge in [-0.1, -0.05) is 37.3 Å². The molecule has 2 heterocycles. The molecule has 0 aromatic heterocycles. The zero-order chi connectivity index (χ0) is 15.1. The van der Waals surface area contributed by atoms with E-state index in [0.717, 1.165) is 12.0 Å². The van der Waals surface area contributed by atoms with Gasteiger partial charge in [0.1, 0.15) is 5.60 Å². The third-order valence-corrected chi connectivity index (χ3v) is 5.16. The minimum Gasteiger partial charge on any atom is -0.370 e. The Labute approximate surface area is 126 Å². The molecule has 1 aromatic rings. The van der Waals surface area contributed by atoms with Crippen molar-refractivity contribution in [3.05, 3.63) is 35.9 Å². The average molecular weight is 292 g/mol. The van der Waals surface area contributed by atoms with E-state index in [1.807, 2.05) is 25.1 Å². The highest BCUT2D eigenvalue weighted by atomic mass is 16.7. The first-order chi connectivity index (χ1) is 10.1. The van der Waals surface area contributed by atoms with Gasteiger partial charge in [-0.15, -0.1) is 0 Å². The maximum absolute atomic E-state index is 6.21. The van der Waals surface area contributed by atoms with E-state index in [1.165, 1.54) is 0 Å². The van der Waals surface area contributed by atoms with Crippen molar-refractivity contribution < 1.29 is 18.9 Å². The van der Waals surface area contributed by atoms with E-state index in [0.29, 0.717) is 12.5 Å². The lowest BCUT2D eigenvalue weighted by Gasteiger charge is -2.45. The number of ether oxygens (including phenoxy) is 4. The molecule has 4 heteroatoms. The van der Waals surface area contributed by atoms with Gasteiger partial charge in [0.2, 0.25) is 5.79 Å². The largest absolute Gasteiger partial charge is 0.370 e. The summed E-state index contributed by atoms with van der Waals surface area (Å²) in [6, 6.07) is 10.2. The number of hydrogen-bond donors (Lipinski definition) is 0. The number of fused-ring (bicyclic) bond motifs is 2. The molecule has 3 rings (SSSR count). The maximum Gasteiger partial charge on any atom is 0.201 e. The summed E-state index contributed by atoms with van der Waals surface area (Å²) in [4.78, 5) is 0. The molecular weight excluding hydrogens is 268 g/mol. The summed E-state index contributed by atoms with van der Waals surface area (Å²) in [7, 11) is 3.36. The summed E-state index contributed by atoms with van der Waals surface area (Å²) >= 11 is 0. The van der Waals surface area contributed by atoms with Crippen LogP contribution < -0.4 is 0 Å².